The van der Waals surface area contributed by atoms with Crippen LogP contribution >= 0.6 is 0 Å². The zero-order chi connectivity index (χ0) is 24.4. The maximum Gasteiger partial charge on any atom is 0.316 e. The Bertz CT molecular complexity index is 1400. The maximum atomic E-state index is 12.7. The second-order valence-corrected chi connectivity index (χ2v) is 8.57. The van der Waals surface area contributed by atoms with E-state index < -0.39 is 0 Å². The van der Waals surface area contributed by atoms with Crippen LogP contribution in [-0.4, -0.2) is 52.3 Å². The molecule has 0 bridgehead atoms. The number of nitrogens with one attached hydrogen (secondary N) is 2. The van der Waals surface area contributed by atoms with Crippen LogP contribution in [0.3, 0.4) is 0 Å². The Balaban J connectivity index is 1.51. The van der Waals surface area contributed by atoms with Gasteiger partial charge in [-0.25, -0.2) is 15.0 Å². The van der Waals surface area contributed by atoms with Gasteiger partial charge in [0.05, 0.1) is 30.4 Å². The van der Waals surface area contributed by atoms with Crippen LogP contribution in [0.2, 0.25) is 0 Å². The largest absolute Gasteiger partial charge is 0.464 e. The van der Waals surface area contributed by atoms with Crippen LogP contribution in [0.25, 0.3) is 22.0 Å². The van der Waals surface area contributed by atoms with Crippen LogP contribution in [0.5, 0.6) is 6.01 Å². The van der Waals surface area contributed by atoms with E-state index in [1.54, 1.807) is 18.6 Å². The number of ether oxygens (including phenoxy) is 2. The molecule has 1 aromatic carbocycles. The molecule has 4 aromatic rings. The molecule has 1 aliphatic rings. The summed E-state index contributed by atoms with van der Waals surface area (Å²) in [4.78, 5) is 31.1. The molecule has 9 nitrogen and oxygen atoms in total. The van der Waals surface area contributed by atoms with E-state index in [0.717, 1.165) is 41.9 Å². The number of fused-ring (bicyclic) bond motifs is 1. The fourth-order valence-corrected chi connectivity index (χ4v) is 4.37. The first-order chi connectivity index (χ1) is 17.0. The molecule has 1 saturated heterocycles. The average Bonchev–Trinajstić information content (AvgIpc) is 2.85. The third kappa shape index (κ3) is 4.81. The molecular weight excluding hydrogens is 444 g/mol. The summed E-state index contributed by atoms with van der Waals surface area (Å²) in [5.74, 6) is 0.473. The number of benzene rings is 1. The van der Waals surface area contributed by atoms with Gasteiger partial charge in [0.1, 0.15) is 5.82 Å². The summed E-state index contributed by atoms with van der Waals surface area (Å²) >= 11 is 0. The third-order valence-corrected chi connectivity index (χ3v) is 5.99. The van der Waals surface area contributed by atoms with Crippen LogP contribution in [0.1, 0.15) is 19.4 Å². The molecule has 0 amide bonds. The van der Waals surface area contributed by atoms with Crippen LogP contribution in [0.4, 0.5) is 17.2 Å². The topological polar surface area (TPSA) is 105 Å². The summed E-state index contributed by atoms with van der Waals surface area (Å²) in [7, 11) is 0. The summed E-state index contributed by atoms with van der Waals surface area (Å²) in [5.41, 5.74) is 4.35. The highest BCUT2D eigenvalue weighted by atomic mass is 16.5. The summed E-state index contributed by atoms with van der Waals surface area (Å²) in [5, 5.41) is 4.63. The Morgan fingerprint density at radius 1 is 1.23 bits per heavy atom. The van der Waals surface area contributed by atoms with Crippen LogP contribution < -0.4 is 20.5 Å². The van der Waals surface area contributed by atoms with E-state index in [1.165, 1.54) is 5.69 Å². The molecular formula is C26H28N6O3. The molecule has 4 heterocycles. The number of morpholine rings is 1. The molecule has 35 heavy (non-hydrogen) atoms. The fraction of sp³-hybridized carbons (Fsp3) is 0.308. The minimum absolute atomic E-state index is 0.206. The molecule has 5 rings (SSSR count). The second kappa shape index (κ2) is 9.71. The van der Waals surface area contributed by atoms with Gasteiger partial charge in [0.15, 0.2) is 0 Å². The summed E-state index contributed by atoms with van der Waals surface area (Å²) in [6, 6.07) is 10.2. The number of hydrogen-bond donors (Lipinski definition) is 2. The lowest BCUT2D eigenvalue weighted by atomic mass is 10.1. The van der Waals surface area contributed by atoms with Gasteiger partial charge in [-0.1, -0.05) is 0 Å². The lowest BCUT2D eigenvalue weighted by Crippen LogP contribution is -2.41. The van der Waals surface area contributed by atoms with Gasteiger partial charge in [-0.05, 0) is 62.1 Å². The minimum Gasteiger partial charge on any atom is -0.464 e. The number of rotatable bonds is 6. The molecule has 2 N–H and O–H groups in total. The number of hydrogen-bond acceptors (Lipinski definition) is 8. The van der Waals surface area contributed by atoms with E-state index in [2.05, 4.69) is 51.1 Å². The highest BCUT2D eigenvalue weighted by Crippen LogP contribution is 2.30. The average molecular weight is 473 g/mol. The van der Waals surface area contributed by atoms with E-state index in [9.17, 15) is 4.79 Å². The van der Waals surface area contributed by atoms with Crippen LogP contribution in [0, 0.1) is 6.92 Å². The molecule has 0 unspecified atom stereocenters. The van der Waals surface area contributed by atoms with Crippen LogP contribution in [-0.2, 0) is 4.74 Å². The monoisotopic (exact) mass is 472 g/mol. The van der Waals surface area contributed by atoms with Gasteiger partial charge < -0.3 is 24.7 Å². The number of nitrogens with zero attached hydrogens (tertiary/aromatic N) is 4. The van der Waals surface area contributed by atoms with Crippen molar-refractivity contribution in [1.82, 2.24) is 19.9 Å². The van der Waals surface area contributed by atoms with E-state index >= 15 is 0 Å². The Hall–Kier alpha value is -3.98. The standard InChI is InChI=1S/C26H28N6O3/c1-4-34-26-28-13-19(14-29-26)21-12-18-7-8-27-25(33)23(18)24(31-21)30-20-5-6-22(16(2)11-20)32-9-10-35-17(3)15-32/h5-8,11-14,17H,4,9-10,15H2,1-3H3,(H,27,33)(H,30,31)/t17-/m1/s1. The van der Waals surface area contributed by atoms with Crippen molar-refractivity contribution in [3.05, 3.63) is 64.8 Å². The predicted molar refractivity (Wildman–Crippen MR) is 137 cm³/mol. The van der Waals surface area contributed by atoms with Gasteiger partial charge in [-0.15, -0.1) is 0 Å². The van der Waals surface area contributed by atoms with Crippen molar-refractivity contribution in [2.75, 3.05) is 36.5 Å². The quantitative estimate of drug-likeness (QED) is 0.433. The first-order valence-corrected chi connectivity index (χ1v) is 11.7. The van der Waals surface area contributed by atoms with E-state index in [-0.39, 0.29) is 11.7 Å². The number of aryl methyl sites for hydroxylation is 1. The summed E-state index contributed by atoms with van der Waals surface area (Å²) in [6.45, 7) is 9.01. The third-order valence-electron chi connectivity index (χ3n) is 5.99. The molecule has 3 aromatic heterocycles. The lowest BCUT2D eigenvalue weighted by molar-refractivity contribution is 0.0532. The van der Waals surface area contributed by atoms with E-state index in [0.29, 0.717) is 29.5 Å². The Labute approximate surface area is 203 Å². The second-order valence-electron chi connectivity index (χ2n) is 8.57. The fourth-order valence-electron chi connectivity index (χ4n) is 4.37. The van der Waals surface area contributed by atoms with Gasteiger partial charge in [0.25, 0.3) is 5.56 Å². The molecule has 0 radical (unpaired) electrons. The van der Waals surface area contributed by atoms with Gasteiger partial charge in [0.2, 0.25) is 0 Å². The van der Waals surface area contributed by atoms with Crippen molar-refractivity contribution in [1.29, 1.82) is 0 Å². The highest BCUT2D eigenvalue weighted by molar-refractivity contribution is 5.95. The van der Waals surface area contributed by atoms with E-state index in [4.69, 9.17) is 14.5 Å². The first-order valence-electron chi connectivity index (χ1n) is 11.7. The minimum atomic E-state index is -0.206. The molecule has 1 atom stereocenters. The molecule has 180 valence electrons. The SMILES string of the molecule is CCOc1ncc(-c2cc3cc[nH]c(=O)c3c(Nc3ccc(N4CCO[C@H](C)C4)c(C)c3)n2)cn1. The van der Waals surface area contributed by atoms with Crippen molar-refractivity contribution >= 4 is 28.0 Å². The number of H-pyrrole nitrogens is 1. The predicted octanol–water partition coefficient (Wildman–Crippen LogP) is 4.06. The maximum absolute atomic E-state index is 12.7. The highest BCUT2D eigenvalue weighted by Gasteiger charge is 2.19. The van der Waals surface area contributed by atoms with E-state index in [1.807, 2.05) is 25.1 Å². The lowest BCUT2D eigenvalue weighted by Gasteiger charge is -2.34. The van der Waals surface area contributed by atoms with Crippen molar-refractivity contribution in [2.24, 2.45) is 0 Å². The Kier molecular flexibility index (Phi) is 6.33. The summed E-state index contributed by atoms with van der Waals surface area (Å²) in [6.07, 6.45) is 5.18. The van der Waals surface area contributed by atoms with Crippen molar-refractivity contribution < 1.29 is 9.47 Å². The molecule has 1 fully saturated rings. The van der Waals surface area contributed by atoms with Crippen molar-refractivity contribution in [3.63, 3.8) is 0 Å². The van der Waals surface area contributed by atoms with Crippen LogP contribution in [0.15, 0.2) is 53.7 Å². The normalized spacial score (nSPS) is 15.9. The molecule has 9 heteroatoms. The zero-order valence-electron chi connectivity index (χ0n) is 20.0. The van der Waals surface area contributed by atoms with Crippen molar-refractivity contribution in [3.8, 4) is 17.3 Å². The number of aromatic amines is 1. The molecule has 0 spiro atoms. The molecule has 0 aliphatic carbocycles. The summed E-state index contributed by atoms with van der Waals surface area (Å²) < 4.78 is 11.0. The van der Waals surface area contributed by atoms with Crippen molar-refractivity contribution in [2.45, 2.75) is 26.9 Å². The first kappa shape index (κ1) is 22.8. The number of anilines is 3. The van der Waals surface area contributed by atoms with Gasteiger partial charge in [-0.3, -0.25) is 4.79 Å². The zero-order valence-corrected chi connectivity index (χ0v) is 20.0. The Morgan fingerprint density at radius 3 is 2.80 bits per heavy atom. The Morgan fingerprint density at radius 2 is 2.06 bits per heavy atom. The molecule has 1 aliphatic heterocycles. The molecule has 0 saturated carbocycles. The van der Waals surface area contributed by atoms with Gasteiger partial charge in [0, 0.05) is 48.6 Å². The number of pyridine rings is 2. The number of aromatic nitrogens is 4. The van der Waals surface area contributed by atoms with Gasteiger partial charge in [-0.2, -0.15) is 0 Å². The smallest absolute Gasteiger partial charge is 0.316 e. The van der Waals surface area contributed by atoms with Gasteiger partial charge >= 0.3 is 6.01 Å².